The van der Waals surface area contributed by atoms with Crippen molar-refractivity contribution in [1.82, 2.24) is 9.88 Å². The maximum atomic E-state index is 12.9. The van der Waals surface area contributed by atoms with E-state index in [0.29, 0.717) is 13.1 Å². The molecule has 24 heavy (non-hydrogen) atoms. The van der Waals surface area contributed by atoms with Crippen LogP contribution in [0.2, 0.25) is 4.34 Å². The molecule has 2 aromatic heterocycles. The summed E-state index contributed by atoms with van der Waals surface area (Å²) >= 11 is 8.92. The summed E-state index contributed by atoms with van der Waals surface area (Å²) in [6.45, 7) is 7.53. The monoisotopic (exact) mass is 405 g/mol. The van der Waals surface area contributed by atoms with Crippen LogP contribution >= 0.6 is 46.7 Å². The molecule has 1 amide bonds. The van der Waals surface area contributed by atoms with Gasteiger partial charge in [0, 0.05) is 19.1 Å². The third-order valence-electron chi connectivity index (χ3n) is 4.37. The molecular weight excluding hydrogens is 385 g/mol. The van der Waals surface area contributed by atoms with Crippen molar-refractivity contribution in [2.24, 2.45) is 11.1 Å². The fourth-order valence-electron chi connectivity index (χ4n) is 2.82. The molecule has 1 aliphatic rings. The van der Waals surface area contributed by atoms with Crippen LogP contribution in [0.5, 0.6) is 0 Å². The lowest BCUT2D eigenvalue weighted by atomic mass is 9.79. The molecule has 132 valence electrons. The normalized spacial score (nSPS) is 19.9. The van der Waals surface area contributed by atoms with Crippen molar-refractivity contribution in [3.05, 3.63) is 27.0 Å². The maximum absolute atomic E-state index is 12.9. The highest BCUT2D eigenvalue weighted by Gasteiger charge is 2.36. The van der Waals surface area contributed by atoms with Gasteiger partial charge in [0.25, 0.3) is 5.91 Å². The number of nitrogens with two attached hydrogens (primary N) is 1. The van der Waals surface area contributed by atoms with E-state index in [4.69, 9.17) is 17.3 Å². The smallest absolute Gasteiger partial charge is 0.265 e. The van der Waals surface area contributed by atoms with Crippen molar-refractivity contribution in [2.75, 3.05) is 13.1 Å². The van der Waals surface area contributed by atoms with Crippen molar-refractivity contribution in [3.63, 3.8) is 0 Å². The fraction of sp³-hybridized carbons (Fsp3) is 0.500. The average Bonchev–Trinajstić information content (AvgIpc) is 3.07. The van der Waals surface area contributed by atoms with Crippen molar-refractivity contribution >= 4 is 52.6 Å². The highest BCUT2D eigenvalue weighted by Crippen LogP contribution is 2.36. The molecule has 0 spiro atoms. The van der Waals surface area contributed by atoms with Crippen LogP contribution < -0.4 is 5.73 Å². The molecule has 1 unspecified atom stereocenters. The van der Waals surface area contributed by atoms with Gasteiger partial charge in [-0.15, -0.1) is 35.1 Å². The maximum Gasteiger partial charge on any atom is 0.265 e. The summed E-state index contributed by atoms with van der Waals surface area (Å²) in [6, 6.07) is 3.94. The Balaban J connectivity index is 0.00000208. The van der Waals surface area contributed by atoms with E-state index in [1.807, 2.05) is 24.0 Å². The quantitative estimate of drug-likeness (QED) is 0.802. The molecule has 1 aliphatic heterocycles. The summed E-state index contributed by atoms with van der Waals surface area (Å²) in [7, 11) is 0. The molecule has 0 aromatic carbocycles. The number of carbonyl (C=O) groups is 1. The molecule has 0 radical (unpaired) electrons. The molecular formula is C16H21Cl2N3OS2. The first-order valence-electron chi connectivity index (χ1n) is 7.56. The van der Waals surface area contributed by atoms with E-state index in [2.05, 4.69) is 18.8 Å². The number of thiazole rings is 1. The summed E-state index contributed by atoms with van der Waals surface area (Å²) in [6.07, 6.45) is 0.837. The van der Waals surface area contributed by atoms with E-state index >= 15 is 0 Å². The van der Waals surface area contributed by atoms with E-state index in [9.17, 15) is 4.79 Å². The van der Waals surface area contributed by atoms with E-state index in [-0.39, 0.29) is 29.8 Å². The Labute approximate surface area is 161 Å². The molecule has 4 nitrogen and oxygen atoms in total. The number of thiophene rings is 1. The lowest BCUT2D eigenvalue weighted by molar-refractivity contribution is 0.0536. The third kappa shape index (κ3) is 3.78. The zero-order valence-corrected chi connectivity index (χ0v) is 17.0. The molecule has 0 bridgehead atoms. The number of rotatable bonds is 2. The first-order valence-corrected chi connectivity index (χ1v) is 9.57. The van der Waals surface area contributed by atoms with Crippen LogP contribution in [-0.4, -0.2) is 34.9 Å². The van der Waals surface area contributed by atoms with E-state index in [1.54, 1.807) is 0 Å². The minimum atomic E-state index is -0.0589. The Morgan fingerprint density at radius 2 is 2.12 bits per heavy atom. The van der Waals surface area contributed by atoms with Gasteiger partial charge in [0.15, 0.2) is 0 Å². The van der Waals surface area contributed by atoms with E-state index in [0.717, 1.165) is 31.2 Å². The molecule has 0 saturated carbocycles. The molecule has 3 rings (SSSR count). The molecule has 2 N–H and O–H groups in total. The van der Waals surface area contributed by atoms with Crippen molar-refractivity contribution in [3.8, 4) is 9.88 Å². The lowest BCUT2D eigenvalue weighted by Crippen LogP contribution is -2.53. The average molecular weight is 406 g/mol. The van der Waals surface area contributed by atoms with Gasteiger partial charge in [-0.25, -0.2) is 4.98 Å². The van der Waals surface area contributed by atoms with Gasteiger partial charge in [-0.2, -0.15) is 0 Å². The minimum Gasteiger partial charge on any atom is -0.337 e. The zero-order chi connectivity index (χ0) is 16.8. The Morgan fingerprint density at radius 3 is 2.71 bits per heavy atom. The number of halogens is 2. The van der Waals surface area contributed by atoms with Gasteiger partial charge in [-0.3, -0.25) is 4.79 Å². The van der Waals surface area contributed by atoms with Crippen molar-refractivity contribution in [1.29, 1.82) is 0 Å². The van der Waals surface area contributed by atoms with Gasteiger partial charge in [-0.1, -0.05) is 25.4 Å². The number of nitrogens with zero attached hydrogens (tertiary/aromatic N) is 2. The largest absolute Gasteiger partial charge is 0.337 e. The molecule has 0 aliphatic carbocycles. The standard InChI is InChI=1S/C16H20ClN3OS2.ClH/c1-9-13(23-14(19-9)10-4-5-12(17)22-10)15(21)20-7-6-11(18)16(2,3)8-20;/h4-5,11H,6-8,18H2,1-3H3;1H. The second kappa shape index (κ2) is 7.30. The first kappa shape index (κ1) is 19.7. The number of hydrogen-bond acceptors (Lipinski definition) is 5. The highest BCUT2D eigenvalue weighted by atomic mass is 35.5. The van der Waals surface area contributed by atoms with Gasteiger partial charge >= 0.3 is 0 Å². The van der Waals surface area contributed by atoms with Gasteiger partial charge < -0.3 is 10.6 Å². The van der Waals surface area contributed by atoms with Crippen LogP contribution in [0.15, 0.2) is 12.1 Å². The van der Waals surface area contributed by atoms with Crippen molar-refractivity contribution in [2.45, 2.75) is 33.2 Å². The summed E-state index contributed by atoms with van der Waals surface area (Å²) in [5.41, 5.74) is 6.89. The first-order chi connectivity index (χ1) is 10.8. The molecule has 1 fully saturated rings. The van der Waals surface area contributed by atoms with Crippen LogP contribution in [0.3, 0.4) is 0 Å². The fourth-order valence-corrected chi connectivity index (χ4v) is 4.95. The van der Waals surface area contributed by atoms with Crippen LogP contribution in [-0.2, 0) is 0 Å². The number of likely N-dealkylation sites (tertiary alicyclic amines) is 1. The van der Waals surface area contributed by atoms with Gasteiger partial charge in [0.2, 0.25) is 0 Å². The molecule has 3 heterocycles. The van der Waals surface area contributed by atoms with Gasteiger partial charge in [-0.05, 0) is 30.9 Å². The van der Waals surface area contributed by atoms with Crippen LogP contribution in [0.4, 0.5) is 0 Å². The summed E-state index contributed by atoms with van der Waals surface area (Å²) in [4.78, 5) is 21.1. The summed E-state index contributed by atoms with van der Waals surface area (Å²) < 4.78 is 0.729. The summed E-state index contributed by atoms with van der Waals surface area (Å²) in [5.74, 6) is 0.0638. The molecule has 8 heteroatoms. The van der Waals surface area contributed by atoms with Gasteiger partial charge in [0.05, 0.1) is 14.9 Å². The minimum absolute atomic E-state index is 0. The Hall–Kier alpha value is -0.660. The number of aryl methyl sites for hydroxylation is 1. The predicted octanol–water partition coefficient (Wildman–Crippen LogP) is 4.45. The SMILES string of the molecule is Cc1nc(-c2ccc(Cl)s2)sc1C(=O)N1CCC(N)C(C)(C)C1.Cl. The Bertz CT molecular complexity index is 742. The predicted molar refractivity (Wildman–Crippen MR) is 105 cm³/mol. The third-order valence-corrected chi connectivity index (χ3v) is 6.92. The van der Waals surface area contributed by atoms with E-state index < -0.39 is 0 Å². The number of amides is 1. The van der Waals surface area contributed by atoms with Crippen LogP contribution in [0.25, 0.3) is 9.88 Å². The number of aromatic nitrogens is 1. The Kier molecular flexibility index (Phi) is 5.98. The van der Waals surface area contributed by atoms with Gasteiger partial charge in [0.1, 0.15) is 9.88 Å². The number of carbonyl (C=O) groups excluding carboxylic acids is 1. The highest BCUT2D eigenvalue weighted by molar-refractivity contribution is 7.24. The second-order valence-corrected chi connectivity index (χ2v) is 9.36. The van der Waals surface area contributed by atoms with Crippen LogP contribution in [0.1, 0.15) is 35.6 Å². The summed E-state index contributed by atoms with van der Waals surface area (Å²) in [5, 5.41) is 0.857. The van der Waals surface area contributed by atoms with Crippen LogP contribution in [0, 0.1) is 12.3 Å². The van der Waals surface area contributed by atoms with Crippen molar-refractivity contribution < 1.29 is 4.79 Å². The zero-order valence-electron chi connectivity index (χ0n) is 13.8. The molecule has 2 aromatic rings. The molecule has 1 atom stereocenters. The topological polar surface area (TPSA) is 59.2 Å². The van der Waals surface area contributed by atoms with E-state index in [1.165, 1.54) is 22.7 Å². The molecule has 1 saturated heterocycles. The Morgan fingerprint density at radius 1 is 1.42 bits per heavy atom. The lowest BCUT2D eigenvalue weighted by Gasteiger charge is -2.42. The number of piperidine rings is 1. The second-order valence-electron chi connectivity index (χ2n) is 6.65. The number of hydrogen-bond donors (Lipinski definition) is 1.